The van der Waals surface area contributed by atoms with Gasteiger partial charge in [0.15, 0.2) is 11.5 Å². The molecule has 234 valence electrons. The van der Waals surface area contributed by atoms with E-state index in [1.165, 1.54) is 24.2 Å². The molecule has 0 spiro atoms. The van der Waals surface area contributed by atoms with Crippen LogP contribution in [0.15, 0.2) is 65.5 Å². The maximum absolute atomic E-state index is 13.6. The van der Waals surface area contributed by atoms with Crippen molar-refractivity contribution in [3.05, 3.63) is 93.5 Å². The molecule has 3 aromatic carbocycles. The number of hydrogen-bond donors (Lipinski definition) is 0. The number of ether oxygens (including phenoxy) is 3. The quantitative estimate of drug-likeness (QED) is 0.218. The number of aryl methyl sites for hydroxylation is 1. The van der Waals surface area contributed by atoms with Crippen molar-refractivity contribution in [2.45, 2.75) is 38.6 Å². The number of aromatic nitrogens is 2. The third kappa shape index (κ3) is 6.42. The van der Waals surface area contributed by atoms with Gasteiger partial charge >= 0.3 is 0 Å². The van der Waals surface area contributed by atoms with E-state index >= 15 is 0 Å². The molecule has 6 rings (SSSR count). The van der Waals surface area contributed by atoms with Gasteiger partial charge in [-0.05, 0) is 80.4 Å². The lowest BCUT2D eigenvalue weighted by atomic mass is 10.1. The van der Waals surface area contributed by atoms with Crippen LogP contribution < -0.4 is 19.8 Å². The van der Waals surface area contributed by atoms with Gasteiger partial charge in [-0.2, -0.15) is 0 Å². The monoisotopic (exact) mass is 610 g/mol. The summed E-state index contributed by atoms with van der Waals surface area (Å²) in [5.41, 5.74) is 2.08. The Hall–Kier alpha value is -4.70. The van der Waals surface area contributed by atoms with Crippen LogP contribution in [0.25, 0.3) is 10.9 Å². The van der Waals surface area contributed by atoms with Gasteiger partial charge in [-0.1, -0.05) is 24.6 Å². The minimum atomic E-state index is -0.364. The number of carbonyl (C=O) groups excluding carboxylic acids is 2. The van der Waals surface area contributed by atoms with Crippen LogP contribution in [0, 0.1) is 0 Å². The summed E-state index contributed by atoms with van der Waals surface area (Å²) in [6.45, 7) is 4.00. The summed E-state index contributed by atoms with van der Waals surface area (Å²) < 4.78 is 18.4. The number of likely N-dealkylation sites (tertiary alicyclic amines) is 1. The number of imide groups is 1. The summed E-state index contributed by atoms with van der Waals surface area (Å²) in [5.74, 6) is 1.61. The lowest BCUT2D eigenvalue weighted by Gasteiger charge is -2.26. The summed E-state index contributed by atoms with van der Waals surface area (Å²) in [4.78, 5) is 48.8. The first kappa shape index (κ1) is 30.3. The van der Waals surface area contributed by atoms with E-state index in [2.05, 4.69) is 4.90 Å². The Kier molecular flexibility index (Phi) is 9.11. The van der Waals surface area contributed by atoms with Gasteiger partial charge in [-0.3, -0.25) is 28.8 Å². The molecule has 1 saturated heterocycles. The van der Waals surface area contributed by atoms with Crippen LogP contribution in [-0.2, 0) is 19.4 Å². The predicted octanol–water partition coefficient (Wildman–Crippen LogP) is 4.36. The van der Waals surface area contributed by atoms with E-state index in [1.807, 2.05) is 30.3 Å². The smallest absolute Gasteiger partial charge is 0.261 e. The van der Waals surface area contributed by atoms with Gasteiger partial charge in [0.05, 0.1) is 36.2 Å². The van der Waals surface area contributed by atoms with E-state index in [-0.39, 0.29) is 30.3 Å². The van der Waals surface area contributed by atoms with Gasteiger partial charge in [0.1, 0.15) is 18.2 Å². The number of nitrogens with zero attached hydrogens (tertiary/aromatic N) is 4. The predicted molar refractivity (Wildman–Crippen MR) is 171 cm³/mol. The number of carbonyl (C=O) groups is 2. The minimum Gasteiger partial charge on any atom is -0.493 e. The van der Waals surface area contributed by atoms with Crippen molar-refractivity contribution in [3.8, 4) is 17.2 Å². The fourth-order valence-corrected chi connectivity index (χ4v) is 6.16. The average Bonchev–Trinajstić information content (AvgIpc) is 3.31. The Morgan fingerprint density at radius 3 is 2.33 bits per heavy atom. The molecule has 0 unspecified atom stereocenters. The third-order valence-corrected chi connectivity index (χ3v) is 8.64. The molecule has 2 amide bonds. The van der Waals surface area contributed by atoms with Gasteiger partial charge in [-0.15, -0.1) is 0 Å². The highest BCUT2D eigenvalue weighted by atomic mass is 16.5. The van der Waals surface area contributed by atoms with Crippen molar-refractivity contribution in [1.29, 1.82) is 0 Å². The van der Waals surface area contributed by atoms with Crippen LogP contribution >= 0.6 is 0 Å². The molecule has 2 aliphatic heterocycles. The molecule has 0 radical (unpaired) electrons. The average molecular weight is 611 g/mol. The van der Waals surface area contributed by atoms with Gasteiger partial charge in [0, 0.05) is 26.1 Å². The number of benzene rings is 3. The number of piperidine rings is 1. The molecule has 4 aromatic rings. The molecule has 10 nitrogen and oxygen atoms in total. The third-order valence-electron chi connectivity index (χ3n) is 8.64. The molecule has 0 saturated carbocycles. The number of methoxy groups -OCH3 is 2. The van der Waals surface area contributed by atoms with E-state index in [1.54, 1.807) is 49.1 Å². The van der Waals surface area contributed by atoms with Crippen LogP contribution in [-0.4, -0.2) is 78.2 Å². The van der Waals surface area contributed by atoms with Crippen LogP contribution in [0.1, 0.15) is 51.4 Å². The van der Waals surface area contributed by atoms with Gasteiger partial charge < -0.3 is 14.2 Å². The van der Waals surface area contributed by atoms with Crippen molar-refractivity contribution in [2.75, 3.05) is 47.0 Å². The normalized spacial score (nSPS) is 15.0. The molecule has 3 heterocycles. The Balaban J connectivity index is 1.17. The van der Waals surface area contributed by atoms with Crippen molar-refractivity contribution in [2.24, 2.45) is 0 Å². The molecule has 0 N–H and O–H groups in total. The summed E-state index contributed by atoms with van der Waals surface area (Å²) in [6, 6.07) is 18.0. The zero-order chi connectivity index (χ0) is 31.3. The highest BCUT2D eigenvalue weighted by Crippen LogP contribution is 2.29. The zero-order valence-corrected chi connectivity index (χ0v) is 25.8. The summed E-state index contributed by atoms with van der Waals surface area (Å²) in [6.07, 6.45) is 4.49. The molecule has 10 heteroatoms. The van der Waals surface area contributed by atoms with Crippen LogP contribution in [0.2, 0.25) is 0 Å². The van der Waals surface area contributed by atoms with Crippen molar-refractivity contribution in [1.82, 2.24) is 19.4 Å². The standard InChI is InChI=1S/C35H38N4O6/c1-43-30-13-10-24(22-31(30)44-2)14-18-38-32(36-29-9-5-4-8-27(29)34(38)41)15-19-39-33(40)26-12-11-25(23-28(26)35(39)42)45-21-20-37-16-6-3-7-17-37/h4-5,8-13,22-23H,3,6-7,14-21H2,1-2H3. The van der Waals surface area contributed by atoms with E-state index < -0.39 is 0 Å². The topological polar surface area (TPSA) is 103 Å². The van der Waals surface area contributed by atoms with E-state index in [9.17, 15) is 14.4 Å². The molecule has 0 bridgehead atoms. The van der Waals surface area contributed by atoms with Gasteiger partial charge in [0.2, 0.25) is 0 Å². The molecule has 2 aliphatic rings. The molecule has 45 heavy (non-hydrogen) atoms. The van der Waals surface area contributed by atoms with Gasteiger partial charge in [0.25, 0.3) is 17.4 Å². The summed E-state index contributed by atoms with van der Waals surface area (Å²) >= 11 is 0. The number of para-hydroxylation sites is 1. The molecule has 0 atom stereocenters. The lowest BCUT2D eigenvalue weighted by Crippen LogP contribution is -2.34. The molecule has 1 aromatic heterocycles. The second-order valence-electron chi connectivity index (χ2n) is 11.4. The zero-order valence-electron chi connectivity index (χ0n) is 25.8. The number of rotatable bonds is 12. The molecular formula is C35H38N4O6. The lowest BCUT2D eigenvalue weighted by molar-refractivity contribution is 0.0655. The SMILES string of the molecule is COc1ccc(CCn2c(CCN3C(=O)c4ccc(OCCN5CCCCC5)cc4C3=O)nc3ccccc3c2=O)cc1OC. The largest absolute Gasteiger partial charge is 0.493 e. The van der Waals surface area contributed by atoms with E-state index in [4.69, 9.17) is 19.2 Å². The first-order valence-corrected chi connectivity index (χ1v) is 15.5. The van der Waals surface area contributed by atoms with Crippen LogP contribution in [0.5, 0.6) is 17.2 Å². The van der Waals surface area contributed by atoms with Crippen LogP contribution in [0.4, 0.5) is 0 Å². The van der Waals surface area contributed by atoms with E-state index in [0.29, 0.717) is 64.7 Å². The minimum absolute atomic E-state index is 0.0959. The van der Waals surface area contributed by atoms with Crippen LogP contribution in [0.3, 0.4) is 0 Å². The Morgan fingerprint density at radius 1 is 0.756 bits per heavy atom. The highest BCUT2D eigenvalue weighted by Gasteiger charge is 2.36. The maximum Gasteiger partial charge on any atom is 0.261 e. The fraction of sp³-hybridized carbons (Fsp3) is 0.371. The van der Waals surface area contributed by atoms with Crippen molar-refractivity contribution >= 4 is 22.7 Å². The summed E-state index contributed by atoms with van der Waals surface area (Å²) in [5, 5.41) is 0.516. The first-order chi connectivity index (χ1) is 22.0. The highest BCUT2D eigenvalue weighted by molar-refractivity contribution is 6.21. The molecule has 1 fully saturated rings. The summed E-state index contributed by atoms with van der Waals surface area (Å²) in [7, 11) is 3.17. The Morgan fingerprint density at radius 2 is 1.53 bits per heavy atom. The fourth-order valence-electron chi connectivity index (χ4n) is 6.16. The molecular weight excluding hydrogens is 572 g/mol. The second-order valence-corrected chi connectivity index (χ2v) is 11.4. The van der Waals surface area contributed by atoms with Crippen molar-refractivity contribution in [3.63, 3.8) is 0 Å². The first-order valence-electron chi connectivity index (χ1n) is 15.5. The maximum atomic E-state index is 13.6. The number of hydrogen-bond acceptors (Lipinski definition) is 8. The second kappa shape index (κ2) is 13.5. The Labute approximate surface area is 262 Å². The van der Waals surface area contributed by atoms with Gasteiger partial charge in [-0.25, -0.2) is 4.98 Å². The number of fused-ring (bicyclic) bond motifs is 2. The Bertz CT molecular complexity index is 1780. The van der Waals surface area contributed by atoms with E-state index in [0.717, 1.165) is 25.2 Å². The molecule has 0 aliphatic carbocycles. The number of amides is 2. The van der Waals surface area contributed by atoms with Crippen molar-refractivity contribution < 1.29 is 23.8 Å².